The van der Waals surface area contributed by atoms with Gasteiger partial charge in [0, 0.05) is 24.9 Å². The Morgan fingerprint density at radius 2 is 1.74 bits per heavy atom. The lowest BCUT2D eigenvalue weighted by Crippen LogP contribution is -2.35. The van der Waals surface area contributed by atoms with Crippen molar-refractivity contribution in [3.8, 4) is 17.4 Å². The maximum absolute atomic E-state index is 13.7. The fourth-order valence-electron chi connectivity index (χ4n) is 3.95. The van der Waals surface area contributed by atoms with E-state index in [2.05, 4.69) is 34.9 Å². The molecule has 0 aromatic carbocycles. The number of halogens is 1. The van der Waals surface area contributed by atoms with Gasteiger partial charge in [0.05, 0.1) is 32.0 Å². The minimum Gasteiger partial charge on any atom is -0.479 e. The Labute approximate surface area is 225 Å². The molecule has 0 amide bonds. The van der Waals surface area contributed by atoms with Gasteiger partial charge in [0.15, 0.2) is 11.5 Å². The zero-order valence-electron chi connectivity index (χ0n) is 21.5. The fourth-order valence-corrected chi connectivity index (χ4v) is 5.13. The number of nitrogens with one attached hydrogen (secondary N) is 1. The van der Waals surface area contributed by atoms with Crippen LogP contribution in [0, 0.1) is 0 Å². The molecule has 0 radical (unpaired) electrons. The van der Waals surface area contributed by atoms with Crippen molar-refractivity contribution >= 4 is 27.6 Å². The van der Waals surface area contributed by atoms with Crippen LogP contribution in [0.4, 0.5) is 5.95 Å². The molecule has 0 bridgehead atoms. The van der Waals surface area contributed by atoms with E-state index in [4.69, 9.17) is 30.5 Å². The van der Waals surface area contributed by atoms with Gasteiger partial charge in [-0.2, -0.15) is 9.97 Å². The molecule has 3 aromatic rings. The van der Waals surface area contributed by atoms with Crippen LogP contribution in [0.3, 0.4) is 0 Å². The van der Waals surface area contributed by atoms with Crippen LogP contribution in [0.1, 0.15) is 50.9 Å². The van der Waals surface area contributed by atoms with Crippen LogP contribution in [-0.2, 0) is 19.5 Å². The van der Waals surface area contributed by atoms with Crippen molar-refractivity contribution in [1.29, 1.82) is 0 Å². The molecule has 3 aromatic heterocycles. The van der Waals surface area contributed by atoms with Gasteiger partial charge in [-0.3, -0.25) is 9.29 Å². The predicted octanol–water partition coefficient (Wildman–Crippen LogP) is 2.32. The summed E-state index contributed by atoms with van der Waals surface area (Å²) in [4.78, 5) is 16.7. The molecular formula is C22H29ClN8O6S. The van der Waals surface area contributed by atoms with Crippen LogP contribution >= 0.6 is 11.6 Å². The highest BCUT2D eigenvalue weighted by atomic mass is 35.5. The molecule has 3 atom stereocenters. The van der Waals surface area contributed by atoms with Crippen molar-refractivity contribution in [2.75, 3.05) is 32.2 Å². The Hall–Kier alpha value is -3.14. The van der Waals surface area contributed by atoms with E-state index in [1.54, 1.807) is 13.8 Å². The monoisotopic (exact) mass is 568 g/mol. The molecule has 206 valence electrons. The Morgan fingerprint density at radius 3 is 2.29 bits per heavy atom. The first kappa shape index (κ1) is 27.9. The summed E-state index contributed by atoms with van der Waals surface area (Å²) in [6.45, 7) is 5.99. The van der Waals surface area contributed by atoms with Crippen molar-refractivity contribution < 1.29 is 27.4 Å². The number of aromatic nitrogens is 7. The van der Waals surface area contributed by atoms with Crippen LogP contribution in [0.25, 0.3) is 5.69 Å². The van der Waals surface area contributed by atoms with Gasteiger partial charge in [-0.1, -0.05) is 11.6 Å². The van der Waals surface area contributed by atoms with E-state index in [0.717, 1.165) is 0 Å². The lowest BCUT2D eigenvalue weighted by Gasteiger charge is -2.25. The van der Waals surface area contributed by atoms with Gasteiger partial charge in [-0.15, -0.1) is 10.2 Å². The number of hydrogen-bond donors (Lipinski definition) is 1. The second-order valence-corrected chi connectivity index (χ2v) is 11.2. The van der Waals surface area contributed by atoms with Crippen LogP contribution in [0.5, 0.6) is 11.8 Å². The van der Waals surface area contributed by atoms with E-state index in [1.165, 1.54) is 44.4 Å². The molecule has 1 aliphatic rings. The summed E-state index contributed by atoms with van der Waals surface area (Å²) in [5, 5.41) is 7.64. The quantitative estimate of drug-likeness (QED) is 0.359. The van der Waals surface area contributed by atoms with E-state index in [0.29, 0.717) is 30.5 Å². The Bertz CT molecular complexity index is 1330. The van der Waals surface area contributed by atoms with Crippen LogP contribution in [0.15, 0.2) is 18.7 Å². The predicted molar refractivity (Wildman–Crippen MR) is 136 cm³/mol. The fraction of sp³-hybridized carbons (Fsp3) is 0.545. The normalized spacial score (nSPS) is 17.4. The molecule has 0 aliphatic carbocycles. The Morgan fingerprint density at radius 1 is 1.08 bits per heavy atom. The summed E-state index contributed by atoms with van der Waals surface area (Å²) < 4.78 is 53.8. The lowest BCUT2D eigenvalue weighted by atomic mass is 10.1. The van der Waals surface area contributed by atoms with Crippen molar-refractivity contribution in [2.45, 2.75) is 50.6 Å². The van der Waals surface area contributed by atoms with Crippen LogP contribution in [-0.4, -0.2) is 81.9 Å². The molecule has 14 nitrogen and oxygen atoms in total. The average Bonchev–Trinajstić information content (AvgIpc) is 3.56. The second kappa shape index (κ2) is 11.7. The smallest absolute Gasteiger partial charge is 0.245 e. The summed E-state index contributed by atoms with van der Waals surface area (Å²) in [6.07, 6.45) is 3.38. The molecule has 1 N–H and O–H groups in total. The standard InChI is InChI=1S/C22H29ClN8O6S/c1-12(2)37-17(18-24-8-15(23)9-25-18)13(3)38(32,33)30-22-29-28-19(14-6-7-36-10-14)31(22)16-20(34-4)26-11-27-21(16)35-5/h8-9,11-14,17H,6-7,10H2,1-5H3,(H,29,30)/t13?,14-,17?/m0/s1. The van der Waals surface area contributed by atoms with E-state index in [-0.39, 0.29) is 41.2 Å². The maximum Gasteiger partial charge on any atom is 0.245 e. The SMILES string of the molecule is COc1ncnc(OC)c1-n1c(NS(=O)(=O)C(C)C(OC(C)C)c2ncc(Cl)cn2)nnc1[C@H]1CCOC1. The topological polar surface area (TPSA) is 165 Å². The molecule has 38 heavy (non-hydrogen) atoms. The molecule has 4 rings (SSSR count). The number of rotatable bonds is 11. The number of ether oxygens (including phenoxy) is 4. The average molecular weight is 569 g/mol. The zero-order valence-corrected chi connectivity index (χ0v) is 23.1. The van der Waals surface area contributed by atoms with Gasteiger partial charge in [-0.05, 0) is 27.2 Å². The number of nitrogens with zero attached hydrogens (tertiary/aromatic N) is 7. The number of anilines is 1. The minimum atomic E-state index is -4.16. The molecule has 2 unspecified atom stereocenters. The highest BCUT2D eigenvalue weighted by Gasteiger charge is 2.37. The molecule has 0 spiro atoms. The van der Waals surface area contributed by atoms with Crippen molar-refractivity contribution in [3.05, 3.63) is 35.4 Å². The van der Waals surface area contributed by atoms with Crippen LogP contribution in [0.2, 0.25) is 5.02 Å². The van der Waals surface area contributed by atoms with Crippen molar-refractivity contribution in [1.82, 2.24) is 34.7 Å². The maximum atomic E-state index is 13.7. The van der Waals surface area contributed by atoms with Crippen molar-refractivity contribution in [3.63, 3.8) is 0 Å². The van der Waals surface area contributed by atoms with Gasteiger partial charge in [0.25, 0.3) is 0 Å². The molecule has 4 heterocycles. The first-order chi connectivity index (χ1) is 18.2. The lowest BCUT2D eigenvalue weighted by molar-refractivity contribution is 0.00154. The van der Waals surface area contributed by atoms with Gasteiger partial charge in [0.1, 0.15) is 23.5 Å². The highest BCUT2D eigenvalue weighted by molar-refractivity contribution is 7.93. The molecule has 1 aliphatic heterocycles. The zero-order chi connectivity index (χ0) is 27.4. The van der Waals surface area contributed by atoms with Crippen molar-refractivity contribution in [2.24, 2.45) is 0 Å². The number of hydrogen-bond acceptors (Lipinski definition) is 12. The van der Waals surface area contributed by atoms with E-state index in [9.17, 15) is 8.42 Å². The summed E-state index contributed by atoms with van der Waals surface area (Å²) >= 11 is 5.93. The summed E-state index contributed by atoms with van der Waals surface area (Å²) in [7, 11) is -1.30. The third-order valence-corrected chi connectivity index (χ3v) is 7.70. The van der Waals surface area contributed by atoms with Gasteiger partial charge in [-0.25, -0.2) is 18.4 Å². The largest absolute Gasteiger partial charge is 0.479 e. The first-order valence-corrected chi connectivity index (χ1v) is 13.7. The van der Waals surface area contributed by atoms with E-state index >= 15 is 0 Å². The molecule has 1 fully saturated rings. The number of sulfonamides is 1. The summed E-state index contributed by atoms with van der Waals surface area (Å²) in [5.74, 6) is 0.626. The van der Waals surface area contributed by atoms with E-state index in [1.807, 2.05) is 0 Å². The van der Waals surface area contributed by atoms with Gasteiger partial charge in [0.2, 0.25) is 27.7 Å². The number of methoxy groups -OCH3 is 2. The third-order valence-electron chi connectivity index (χ3n) is 5.81. The molecule has 1 saturated heterocycles. The minimum absolute atomic E-state index is 0.106. The highest BCUT2D eigenvalue weighted by Crippen LogP contribution is 2.36. The second-order valence-electron chi connectivity index (χ2n) is 8.74. The first-order valence-electron chi connectivity index (χ1n) is 11.8. The molecular weight excluding hydrogens is 540 g/mol. The van der Waals surface area contributed by atoms with Crippen LogP contribution < -0.4 is 14.2 Å². The Balaban J connectivity index is 1.78. The summed E-state index contributed by atoms with van der Waals surface area (Å²) in [6, 6.07) is 0. The van der Waals surface area contributed by atoms with Gasteiger partial charge >= 0.3 is 0 Å². The van der Waals surface area contributed by atoms with Gasteiger partial charge < -0.3 is 18.9 Å². The van der Waals surface area contributed by atoms with E-state index < -0.39 is 21.4 Å². The Kier molecular flexibility index (Phi) is 8.60. The summed E-state index contributed by atoms with van der Waals surface area (Å²) in [5.41, 5.74) is 0.241. The third kappa shape index (κ3) is 5.80. The molecule has 0 saturated carbocycles. The molecule has 16 heteroatoms.